The van der Waals surface area contributed by atoms with Crippen LogP contribution < -0.4 is 9.47 Å². The van der Waals surface area contributed by atoms with Crippen LogP contribution in [0.2, 0.25) is 0 Å². The van der Waals surface area contributed by atoms with Gasteiger partial charge in [-0.25, -0.2) is 0 Å². The van der Waals surface area contributed by atoms with Gasteiger partial charge in [0.1, 0.15) is 0 Å². The molecule has 1 aliphatic heterocycles. The first-order chi connectivity index (χ1) is 7.63. The molecule has 0 amide bonds. The molecule has 16 heavy (non-hydrogen) atoms. The normalized spacial score (nSPS) is 12.6. The van der Waals surface area contributed by atoms with Gasteiger partial charge in [0, 0.05) is 5.56 Å². The molecule has 0 N–H and O–H groups in total. The van der Waals surface area contributed by atoms with Crippen molar-refractivity contribution in [2.45, 2.75) is 6.92 Å². The fraction of sp³-hybridized carbons (Fsp3) is 0.273. The monoisotopic (exact) mass is 240 g/mol. The van der Waals surface area contributed by atoms with Crippen LogP contribution in [0.25, 0.3) is 0 Å². The van der Waals surface area contributed by atoms with E-state index in [1.807, 2.05) is 0 Å². The van der Waals surface area contributed by atoms with E-state index in [0.29, 0.717) is 22.6 Å². The molecular weight excluding hydrogens is 232 g/mol. The van der Waals surface area contributed by atoms with Crippen LogP contribution in [-0.2, 0) is 4.79 Å². The van der Waals surface area contributed by atoms with E-state index in [2.05, 4.69) is 0 Å². The number of hydrogen-bond donors (Lipinski definition) is 0. The molecule has 5 heteroatoms. The van der Waals surface area contributed by atoms with Gasteiger partial charge in [0.05, 0.1) is 5.88 Å². The van der Waals surface area contributed by atoms with Crippen LogP contribution in [0.3, 0.4) is 0 Å². The molecule has 84 valence electrons. The van der Waals surface area contributed by atoms with Gasteiger partial charge in [-0.15, -0.1) is 11.6 Å². The first-order valence-corrected chi connectivity index (χ1v) is 5.20. The molecule has 0 saturated carbocycles. The molecule has 0 fully saturated rings. The Labute approximate surface area is 97.1 Å². The minimum Gasteiger partial charge on any atom is -0.454 e. The summed E-state index contributed by atoms with van der Waals surface area (Å²) in [6.45, 7) is 1.87. The maximum Gasteiger partial charge on any atom is 0.231 e. The predicted molar refractivity (Wildman–Crippen MR) is 57.4 cm³/mol. The van der Waals surface area contributed by atoms with Crippen molar-refractivity contribution >= 4 is 23.2 Å². The lowest BCUT2D eigenvalue weighted by molar-refractivity contribution is -0.112. The maximum atomic E-state index is 11.7. The van der Waals surface area contributed by atoms with E-state index in [9.17, 15) is 9.59 Å². The summed E-state index contributed by atoms with van der Waals surface area (Å²) in [5, 5.41) is 0. The van der Waals surface area contributed by atoms with Gasteiger partial charge in [-0.05, 0) is 24.6 Å². The molecule has 4 nitrogen and oxygen atoms in total. The van der Waals surface area contributed by atoms with Crippen LogP contribution in [0.5, 0.6) is 11.5 Å². The Bertz CT molecular complexity index is 467. The van der Waals surface area contributed by atoms with Crippen LogP contribution in [0, 0.1) is 6.92 Å². The van der Waals surface area contributed by atoms with Crippen molar-refractivity contribution in [3.05, 3.63) is 23.3 Å². The molecule has 1 heterocycles. The molecule has 0 aliphatic carbocycles. The molecule has 1 aromatic rings. The van der Waals surface area contributed by atoms with Crippen LogP contribution in [0.1, 0.15) is 15.9 Å². The van der Waals surface area contributed by atoms with Crippen LogP contribution in [0.4, 0.5) is 0 Å². The number of halogens is 1. The summed E-state index contributed by atoms with van der Waals surface area (Å²) in [4.78, 5) is 22.9. The fourth-order valence-electron chi connectivity index (χ4n) is 1.50. The number of Topliss-reactive ketones (excluding diaryl/α,β-unsaturated/α-hetero) is 2. The number of carbonyl (C=O) groups is 2. The Morgan fingerprint density at radius 2 is 1.94 bits per heavy atom. The molecule has 0 radical (unpaired) electrons. The summed E-state index contributed by atoms with van der Waals surface area (Å²) in [6.07, 6.45) is 0. The fourth-order valence-corrected chi connectivity index (χ4v) is 1.62. The Morgan fingerprint density at radius 1 is 1.31 bits per heavy atom. The molecule has 1 aliphatic rings. The summed E-state index contributed by atoms with van der Waals surface area (Å²) >= 11 is 5.34. The standard InChI is InChI=1S/C11H9ClO4/c1-6-2-9-10(16-5-15-9)3-7(6)11(14)8(13)4-12/h2-3H,4-5H2,1H3. The summed E-state index contributed by atoms with van der Waals surface area (Å²) in [5.41, 5.74) is 0.989. The van der Waals surface area contributed by atoms with Crippen molar-refractivity contribution in [3.8, 4) is 11.5 Å². The average molecular weight is 241 g/mol. The van der Waals surface area contributed by atoms with Gasteiger partial charge in [0.2, 0.25) is 18.4 Å². The minimum absolute atomic E-state index is 0.135. The highest BCUT2D eigenvalue weighted by Crippen LogP contribution is 2.34. The molecule has 0 aromatic heterocycles. The number of ether oxygens (including phenoxy) is 2. The van der Waals surface area contributed by atoms with Gasteiger partial charge >= 0.3 is 0 Å². The third-order valence-corrected chi connectivity index (χ3v) is 2.58. The Hall–Kier alpha value is -1.55. The molecular formula is C11H9ClO4. The van der Waals surface area contributed by atoms with Gasteiger partial charge in [-0.2, -0.15) is 0 Å². The highest BCUT2D eigenvalue weighted by Gasteiger charge is 2.22. The van der Waals surface area contributed by atoms with E-state index in [1.54, 1.807) is 13.0 Å². The van der Waals surface area contributed by atoms with Crippen molar-refractivity contribution in [1.29, 1.82) is 0 Å². The van der Waals surface area contributed by atoms with E-state index in [-0.39, 0.29) is 12.7 Å². The first-order valence-electron chi connectivity index (χ1n) is 4.67. The number of aryl methyl sites for hydroxylation is 1. The zero-order valence-electron chi connectivity index (χ0n) is 8.58. The highest BCUT2D eigenvalue weighted by atomic mass is 35.5. The van der Waals surface area contributed by atoms with E-state index >= 15 is 0 Å². The van der Waals surface area contributed by atoms with Gasteiger partial charge in [-0.1, -0.05) is 0 Å². The molecule has 2 rings (SSSR count). The van der Waals surface area contributed by atoms with Gasteiger partial charge in [0.15, 0.2) is 11.5 Å². The zero-order chi connectivity index (χ0) is 11.7. The number of fused-ring (bicyclic) bond motifs is 1. The van der Waals surface area contributed by atoms with Crippen molar-refractivity contribution in [2.75, 3.05) is 12.7 Å². The number of alkyl halides is 1. The first kappa shape index (κ1) is 11.0. The zero-order valence-corrected chi connectivity index (χ0v) is 9.34. The molecule has 1 aromatic carbocycles. The van der Waals surface area contributed by atoms with E-state index < -0.39 is 11.6 Å². The van der Waals surface area contributed by atoms with Crippen LogP contribution >= 0.6 is 11.6 Å². The third-order valence-electron chi connectivity index (χ3n) is 2.34. The van der Waals surface area contributed by atoms with Crippen molar-refractivity contribution < 1.29 is 19.1 Å². The molecule has 0 bridgehead atoms. The maximum absolute atomic E-state index is 11.7. The van der Waals surface area contributed by atoms with Crippen molar-refractivity contribution in [1.82, 2.24) is 0 Å². The largest absolute Gasteiger partial charge is 0.454 e. The third kappa shape index (κ3) is 1.76. The van der Waals surface area contributed by atoms with Gasteiger partial charge in [-0.3, -0.25) is 9.59 Å². The second kappa shape index (κ2) is 4.14. The number of ketones is 2. The number of rotatable bonds is 3. The predicted octanol–water partition coefficient (Wildman–Crippen LogP) is 1.71. The molecule has 0 atom stereocenters. The Kier molecular flexibility index (Phi) is 2.83. The minimum atomic E-state index is -0.622. The van der Waals surface area contributed by atoms with Crippen LogP contribution in [0.15, 0.2) is 12.1 Å². The molecule has 0 unspecified atom stereocenters. The van der Waals surface area contributed by atoms with Crippen molar-refractivity contribution in [2.24, 2.45) is 0 Å². The van der Waals surface area contributed by atoms with E-state index in [4.69, 9.17) is 21.1 Å². The highest BCUT2D eigenvalue weighted by molar-refractivity contribution is 6.51. The second-order valence-electron chi connectivity index (χ2n) is 3.41. The number of hydrogen-bond acceptors (Lipinski definition) is 4. The quantitative estimate of drug-likeness (QED) is 0.459. The summed E-state index contributed by atoms with van der Waals surface area (Å²) in [6, 6.07) is 3.20. The summed E-state index contributed by atoms with van der Waals surface area (Å²) in [5.74, 6) is -0.453. The van der Waals surface area contributed by atoms with Gasteiger partial charge in [0.25, 0.3) is 0 Å². The van der Waals surface area contributed by atoms with Crippen molar-refractivity contribution in [3.63, 3.8) is 0 Å². The van der Waals surface area contributed by atoms with Crippen LogP contribution in [-0.4, -0.2) is 24.2 Å². The molecule has 0 saturated heterocycles. The lowest BCUT2D eigenvalue weighted by Gasteiger charge is -2.04. The lowest BCUT2D eigenvalue weighted by Crippen LogP contribution is -2.16. The topological polar surface area (TPSA) is 52.6 Å². The molecule has 0 spiro atoms. The average Bonchev–Trinajstić information content (AvgIpc) is 2.72. The second-order valence-corrected chi connectivity index (χ2v) is 3.67. The number of benzene rings is 1. The summed E-state index contributed by atoms with van der Waals surface area (Å²) in [7, 11) is 0. The number of carbonyl (C=O) groups excluding carboxylic acids is 2. The summed E-state index contributed by atoms with van der Waals surface area (Å²) < 4.78 is 10.3. The smallest absolute Gasteiger partial charge is 0.231 e. The van der Waals surface area contributed by atoms with E-state index in [0.717, 1.165) is 0 Å². The van der Waals surface area contributed by atoms with Gasteiger partial charge < -0.3 is 9.47 Å². The van der Waals surface area contributed by atoms with E-state index in [1.165, 1.54) is 6.07 Å². The Morgan fingerprint density at radius 3 is 2.56 bits per heavy atom. The Balaban J connectivity index is 2.42. The lowest BCUT2D eigenvalue weighted by atomic mass is 10.0. The SMILES string of the molecule is Cc1cc2c(cc1C(=O)C(=O)CCl)OCO2.